The number of rotatable bonds is 8. The summed E-state index contributed by atoms with van der Waals surface area (Å²) >= 11 is 1.39. The second-order valence-electron chi connectivity index (χ2n) is 6.71. The van der Waals surface area contributed by atoms with Crippen molar-refractivity contribution in [3.05, 3.63) is 89.1 Å². The van der Waals surface area contributed by atoms with Crippen LogP contribution in [0.15, 0.2) is 84.2 Å². The lowest BCUT2D eigenvalue weighted by atomic mass is 10.1. The fourth-order valence-electron chi connectivity index (χ4n) is 2.98. The summed E-state index contributed by atoms with van der Waals surface area (Å²) in [6, 6.07) is 24.4. The van der Waals surface area contributed by atoms with Crippen molar-refractivity contribution < 1.29 is 19.4 Å². The summed E-state index contributed by atoms with van der Waals surface area (Å²) < 4.78 is 11.4. The van der Waals surface area contributed by atoms with Gasteiger partial charge in [-0.25, -0.2) is 0 Å². The molecule has 0 aliphatic heterocycles. The Kier molecular flexibility index (Phi) is 6.27. The number of carbonyl (C=O) groups excluding carboxylic acids is 1. The minimum Gasteiger partial charge on any atom is -0.491 e. The number of hydrogen-bond donors (Lipinski definition) is 2. The Morgan fingerprint density at radius 1 is 0.900 bits per heavy atom. The van der Waals surface area contributed by atoms with Crippen LogP contribution < -0.4 is 14.8 Å². The number of hydrogen-bond acceptors (Lipinski definition) is 5. The van der Waals surface area contributed by atoms with Crippen LogP contribution in [0, 0.1) is 0 Å². The van der Waals surface area contributed by atoms with Crippen molar-refractivity contribution in [2.75, 3.05) is 18.5 Å². The number of ether oxygens (including phenoxy) is 2. The lowest BCUT2D eigenvalue weighted by Gasteiger charge is -2.15. The van der Waals surface area contributed by atoms with Crippen molar-refractivity contribution in [3.63, 3.8) is 0 Å². The molecule has 1 heterocycles. The molecular weight excluding hydrogens is 398 g/mol. The van der Waals surface area contributed by atoms with Crippen LogP contribution in [0.5, 0.6) is 11.5 Å². The predicted molar refractivity (Wildman–Crippen MR) is 120 cm³/mol. The van der Waals surface area contributed by atoms with E-state index in [-0.39, 0.29) is 19.1 Å². The van der Waals surface area contributed by atoms with Gasteiger partial charge in [-0.15, -0.1) is 11.3 Å². The molecule has 4 aromatic rings. The highest BCUT2D eigenvalue weighted by Gasteiger charge is 2.10. The molecule has 0 radical (unpaired) electrons. The monoisotopic (exact) mass is 419 g/mol. The Hall–Kier alpha value is -3.35. The molecule has 0 aliphatic rings. The Morgan fingerprint density at radius 2 is 1.67 bits per heavy atom. The molecule has 0 bridgehead atoms. The largest absolute Gasteiger partial charge is 0.491 e. The van der Waals surface area contributed by atoms with Gasteiger partial charge in [0.05, 0.1) is 4.88 Å². The third kappa shape index (κ3) is 4.97. The van der Waals surface area contributed by atoms with Crippen LogP contribution in [-0.2, 0) is 0 Å². The maximum Gasteiger partial charge on any atom is 0.265 e. The van der Waals surface area contributed by atoms with Gasteiger partial charge in [0.1, 0.15) is 30.8 Å². The van der Waals surface area contributed by atoms with Crippen LogP contribution in [0.4, 0.5) is 5.69 Å². The first-order valence-electron chi connectivity index (χ1n) is 9.55. The summed E-state index contributed by atoms with van der Waals surface area (Å²) in [5.74, 6) is 1.20. The Balaban J connectivity index is 1.26. The van der Waals surface area contributed by atoms with Crippen molar-refractivity contribution in [2.45, 2.75) is 6.10 Å². The maximum absolute atomic E-state index is 12.1. The number of aliphatic hydroxyl groups is 1. The molecule has 1 atom stereocenters. The first kappa shape index (κ1) is 19.9. The van der Waals surface area contributed by atoms with Gasteiger partial charge < -0.3 is 19.9 Å². The Morgan fingerprint density at radius 3 is 2.47 bits per heavy atom. The van der Waals surface area contributed by atoms with Crippen molar-refractivity contribution in [2.24, 2.45) is 0 Å². The first-order valence-corrected chi connectivity index (χ1v) is 10.4. The standard InChI is InChI=1S/C24H21NO4S/c26-19(16-29-22-8-3-6-17-5-1-2-7-21(17)22)15-28-20-12-10-18(11-13-20)25-24(27)23-9-4-14-30-23/h1-14,19,26H,15-16H2,(H,25,27). The van der Waals surface area contributed by atoms with Crippen molar-refractivity contribution in [3.8, 4) is 11.5 Å². The van der Waals surface area contributed by atoms with Crippen LogP contribution in [0.1, 0.15) is 9.67 Å². The van der Waals surface area contributed by atoms with Crippen LogP contribution in [0.2, 0.25) is 0 Å². The zero-order chi connectivity index (χ0) is 20.8. The molecule has 152 valence electrons. The number of aliphatic hydroxyl groups excluding tert-OH is 1. The van der Waals surface area contributed by atoms with Crippen LogP contribution in [0.3, 0.4) is 0 Å². The van der Waals surface area contributed by atoms with E-state index >= 15 is 0 Å². The molecule has 1 unspecified atom stereocenters. The number of nitrogens with one attached hydrogen (secondary N) is 1. The lowest BCUT2D eigenvalue weighted by Crippen LogP contribution is -2.25. The number of anilines is 1. The van der Waals surface area contributed by atoms with Gasteiger partial charge in [-0.1, -0.05) is 42.5 Å². The summed E-state index contributed by atoms with van der Waals surface area (Å²) in [5.41, 5.74) is 0.681. The Bertz CT molecular complexity index is 1100. The first-order chi connectivity index (χ1) is 14.7. The molecular formula is C24H21NO4S. The van der Waals surface area contributed by atoms with E-state index in [2.05, 4.69) is 5.32 Å². The molecule has 2 N–H and O–H groups in total. The van der Waals surface area contributed by atoms with E-state index < -0.39 is 6.10 Å². The highest BCUT2D eigenvalue weighted by Crippen LogP contribution is 2.25. The molecule has 3 aromatic carbocycles. The normalized spacial score (nSPS) is 11.8. The molecule has 0 saturated carbocycles. The Labute approximate surface area is 178 Å². The van der Waals surface area contributed by atoms with E-state index in [1.807, 2.05) is 53.9 Å². The highest BCUT2D eigenvalue weighted by molar-refractivity contribution is 7.12. The molecule has 0 fully saturated rings. The fourth-order valence-corrected chi connectivity index (χ4v) is 3.60. The van der Waals surface area contributed by atoms with Gasteiger partial charge in [-0.2, -0.15) is 0 Å². The second kappa shape index (κ2) is 9.43. The smallest absolute Gasteiger partial charge is 0.265 e. The highest BCUT2D eigenvalue weighted by atomic mass is 32.1. The van der Waals surface area contributed by atoms with Crippen LogP contribution in [0.25, 0.3) is 10.8 Å². The van der Waals surface area contributed by atoms with E-state index in [1.165, 1.54) is 11.3 Å². The van der Waals surface area contributed by atoms with Crippen molar-refractivity contribution >= 4 is 33.7 Å². The summed E-state index contributed by atoms with van der Waals surface area (Å²) in [6.07, 6.45) is -0.776. The SMILES string of the molecule is O=C(Nc1ccc(OCC(O)COc2cccc3ccccc23)cc1)c1cccs1. The summed E-state index contributed by atoms with van der Waals surface area (Å²) in [6.45, 7) is 0.231. The minimum atomic E-state index is -0.776. The second-order valence-corrected chi connectivity index (χ2v) is 7.66. The summed E-state index contributed by atoms with van der Waals surface area (Å²) in [4.78, 5) is 12.7. The number of amides is 1. The average molecular weight is 420 g/mol. The van der Waals surface area contributed by atoms with Gasteiger partial charge in [0.15, 0.2) is 0 Å². The molecule has 1 amide bonds. The summed E-state index contributed by atoms with van der Waals surface area (Å²) in [5, 5.41) is 17.0. The topological polar surface area (TPSA) is 67.8 Å². The van der Waals surface area contributed by atoms with E-state index in [9.17, 15) is 9.90 Å². The van der Waals surface area contributed by atoms with Gasteiger partial charge in [0.25, 0.3) is 5.91 Å². The molecule has 6 heteroatoms. The van der Waals surface area contributed by atoms with E-state index in [0.29, 0.717) is 16.3 Å². The minimum absolute atomic E-state index is 0.103. The molecule has 0 aliphatic carbocycles. The van der Waals surface area contributed by atoms with Gasteiger partial charge >= 0.3 is 0 Å². The predicted octanol–water partition coefficient (Wildman–Crippen LogP) is 4.97. The molecule has 4 rings (SSSR count). The van der Waals surface area contributed by atoms with Gasteiger partial charge in [-0.3, -0.25) is 4.79 Å². The van der Waals surface area contributed by atoms with Gasteiger partial charge in [-0.05, 0) is 47.2 Å². The van der Waals surface area contributed by atoms with Crippen LogP contribution >= 0.6 is 11.3 Å². The number of carbonyl (C=O) groups is 1. The lowest BCUT2D eigenvalue weighted by molar-refractivity contribution is 0.0632. The third-order valence-electron chi connectivity index (χ3n) is 4.48. The molecule has 30 heavy (non-hydrogen) atoms. The van der Waals surface area contributed by atoms with E-state index in [0.717, 1.165) is 16.5 Å². The van der Waals surface area contributed by atoms with E-state index in [1.54, 1.807) is 30.3 Å². The fraction of sp³-hybridized carbons (Fsp3) is 0.125. The van der Waals surface area contributed by atoms with Gasteiger partial charge in [0, 0.05) is 11.1 Å². The van der Waals surface area contributed by atoms with Crippen molar-refractivity contribution in [1.82, 2.24) is 0 Å². The maximum atomic E-state index is 12.1. The number of benzene rings is 3. The third-order valence-corrected chi connectivity index (χ3v) is 5.35. The van der Waals surface area contributed by atoms with Crippen LogP contribution in [-0.4, -0.2) is 30.3 Å². The quantitative estimate of drug-likeness (QED) is 0.423. The molecule has 1 aromatic heterocycles. The average Bonchev–Trinajstić information content (AvgIpc) is 3.32. The summed E-state index contributed by atoms with van der Waals surface area (Å²) in [7, 11) is 0. The number of fused-ring (bicyclic) bond motifs is 1. The van der Waals surface area contributed by atoms with Crippen molar-refractivity contribution in [1.29, 1.82) is 0 Å². The zero-order valence-corrected chi connectivity index (χ0v) is 17.0. The van der Waals surface area contributed by atoms with Gasteiger partial charge in [0.2, 0.25) is 0 Å². The zero-order valence-electron chi connectivity index (χ0n) is 16.2. The number of thiophene rings is 1. The molecule has 0 spiro atoms. The van der Waals surface area contributed by atoms with E-state index in [4.69, 9.17) is 9.47 Å². The molecule has 5 nitrogen and oxygen atoms in total. The molecule has 0 saturated heterocycles.